The quantitative estimate of drug-likeness (QED) is 0.655. The van der Waals surface area contributed by atoms with Crippen molar-refractivity contribution in [2.75, 3.05) is 26.2 Å². The fraction of sp³-hybridized carbons (Fsp3) is 1.00. The van der Waals surface area contributed by atoms with Crippen LogP contribution < -0.4 is 5.32 Å². The van der Waals surface area contributed by atoms with Crippen molar-refractivity contribution in [3.63, 3.8) is 0 Å². The third kappa shape index (κ3) is 1.19. The molecule has 0 aromatic heterocycles. The first-order chi connectivity index (χ1) is 5.97. The monoisotopic (exact) mass is 190 g/mol. The molecule has 0 bridgehead atoms. The molecule has 2 saturated heterocycles. The zero-order valence-corrected chi connectivity index (χ0v) is 8.11. The Kier molecular flexibility index (Phi) is 1.90. The van der Waals surface area contributed by atoms with E-state index in [0.717, 1.165) is 0 Å². The van der Waals surface area contributed by atoms with Gasteiger partial charge in [0, 0.05) is 32.2 Å². The van der Waals surface area contributed by atoms with Crippen molar-refractivity contribution < 1.29 is 8.78 Å². The first-order valence-corrected chi connectivity index (χ1v) is 4.79. The molecule has 2 unspecified atom stereocenters. The standard InChI is InChI=1S/C9H16F2N2/c1-7(2)13-5-8(10)3-12-4-9(8,11)6-13/h7,12H,3-6H2,1-2H3. The number of likely N-dealkylation sites (tertiary alicyclic amines) is 1. The molecule has 4 heteroatoms. The molecule has 1 N–H and O–H groups in total. The molecule has 2 aliphatic rings. The number of alkyl halides is 2. The number of halogens is 2. The van der Waals surface area contributed by atoms with Gasteiger partial charge in [0.2, 0.25) is 0 Å². The highest BCUT2D eigenvalue weighted by atomic mass is 19.2. The zero-order chi connectivity index (χ0) is 9.69. The van der Waals surface area contributed by atoms with Gasteiger partial charge in [-0.2, -0.15) is 0 Å². The van der Waals surface area contributed by atoms with Crippen molar-refractivity contribution in [1.29, 1.82) is 0 Å². The van der Waals surface area contributed by atoms with E-state index >= 15 is 0 Å². The van der Waals surface area contributed by atoms with Gasteiger partial charge in [-0.1, -0.05) is 0 Å². The van der Waals surface area contributed by atoms with Crippen molar-refractivity contribution in [2.45, 2.75) is 31.2 Å². The number of nitrogens with one attached hydrogen (secondary N) is 1. The Morgan fingerprint density at radius 1 is 1.15 bits per heavy atom. The van der Waals surface area contributed by atoms with E-state index in [0.29, 0.717) is 0 Å². The van der Waals surface area contributed by atoms with E-state index in [1.165, 1.54) is 0 Å². The van der Waals surface area contributed by atoms with E-state index in [9.17, 15) is 8.78 Å². The van der Waals surface area contributed by atoms with Crippen molar-refractivity contribution in [3.05, 3.63) is 0 Å². The topological polar surface area (TPSA) is 15.3 Å². The molecule has 2 aliphatic heterocycles. The van der Waals surface area contributed by atoms with Crippen LogP contribution in [-0.4, -0.2) is 48.5 Å². The van der Waals surface area contributed by atoms with Gasteiger partial charge in [0.15, 0.2) is 11.3 Å². The molecule has 0 radical (unpaired) electrons. The summed E-state index contributed by atoms with van der Waals surface area (Å²) in [6.07, 6.45) is 0. The Hall–Kier alpha value is -0.220. The lowest BCUT2D eigenvalue weighted by Crippen LogP contribution is -2.44. The first kappa shape index (κ1) is 9.34. The fourth-order valence-corrected chi connectivity index (χ4v) is 2.24. The molecule has 0 saturated carbocycles. The Morgan fingerprint density at radius 2 is 1.62 bits per heavy atom. The lowest BCUT2D eigenvalue weighted by atomic mass is 9.94. The molecule has 2 nitrogen and oxygen atoms in total. The summed E-state index contributed by atoms with van der Waals surface area (Å²) in [4.78, 5) is 1.88. The SMILES string of the molecule is CC(C)N1CC2(F)CNCC2(F)C1. The Morgan fingerprint density at radius 3 is 2.00 bits per heavy atom. The number of nitrogens with zero attached hydrogens (tertiary/aromatic N) is 1. The zero-order valence-electron chi connectivity index (χ0n) is 8.11. The lowest BCUT2D eigenvalue weighted by molar-refractivity contribution is 0.0491. The van der Waals surface area contributed by atoms with Crippen LogP contribution in [0, 0.1) is 0 Å². The maximum absolute atomic E-state index is 14.0. The van der Waals surface area contributed by atoms with Gasteiger partial charge in [0.05, 0.1) is 0 Å². The van der Waals surface area contributed by atoms with E-state index in [1.54, 1.807) is 0 Å². The van der Waals surface area contributed by atoms with Crippen molar-refractivity contribution in [2.24, 2.45) is 0 Å². The minimum absolute atomic E-state index is 0.159. The molecule has 2 atom stereocenters. The summed E-state index contributed by atoms with van der Waals surface area (Å²) in [5.74, 6) is 0. The molecule has 0 amide bonds. The maximum atomic E-state index is 14.0. The van der Waals surface area contributed by atoms with Crippen LogP contribution in [0.15, 0.2) is 0 Å². The lowest BCUT2D eigenvalue weighted by Gasteiger charge is -2.22. The average molecular weight is 190 g/mol. The Balaban J connectivity index is 2.18. The van der Waals surface area contributed by atoms with Crippen molar-refractivity contribution in [3.8, 4) is 0 Å². The predicted octanol–water partition coefficient (Wildman–Crippen LogP) is 0.730. The number of rotatable bonds is 1. The van der Waals surface area contributed by atoms with E-state index in [-0.39, 0.29) is 32.2 Å². The summed E-state index contributed by atoms with van der Waals surface area (Å²) in [5.41, 5.74) is -3.31. The van der Waals surface area contributed by atoms with Crippen molar-refractivity contribution in [1.82, 2.24) is 10.2 Å². The maximum Gasteiger partial charge on any atom is 0.172 e. The van der Waals surface area contributed by atoms with Crippen LogP contribution in [0.4, 0.5) is 8.78 Å². The van der Waals surface area contributed by atoms with Crippen LogP contribution in [0.2, 0.25) is 0 Å². The van der Waals surface area contributed by atoms with Crippen LogP contribution in [0.5, 0.6) is 0 Å². The minimum Gasteiger partial charge on any atom is -0.310 e. The molecule has 2 fully saturated rings. The van der Waals surface area contributed by atoms with Crippen LogP contribution in [0.1, 0.15) is 13.8 Å². The summed E-state index contributed by atoms with van der Waals surface area (Å²) >= 11 is 0. The van der Waals surface area contributed by atoms with Gasteiger partial charge >= 0.3 is 0 Å². The molecular weight excluding hydrogens is 174 g/mol. The molecule has 2 rings (SSSR count). The molecule has 13 heavy (non-hydrogen) atoms. The van der Waals surface area contributed by atoms with Crippen LogP contribution >= 0.6 is 0 Å². The number of hydrogen-bond donors (Lipinski definition) is 1. The molecular formula is C9H16F2N2. The number of fused-ring (bicyclic) bond motifs is 1. The molecule has 0 aromatic carbocycles. The third-order valence-corrected chi connectivity index (χ3v) is 3.25. The predicted molar refractivity (Wildman–Crippen MR) is 47.3 cm³/mol. The van der Waals surface area contributed by atoms with Crippen LogP contribution in [-0.2, 0) is 0 Å². The number of hydrogen-bond acceptors (Lipinski definition) is 2. The van der Waals surface area contributed by atoms with E-state index in [4.69, 9.17) is 0 Å². The van der Waals surface area contributed by atoms with Crippen LogP contribution in [0.3, 0.4) is 0 Å². The highest BCUT2D eigenvalue weighted by Gasteiger charge is 2.63. The second kappa shape index (κ2) is 2.64. The van der Waals surface area contributed by atoms with Crippen LogP contribution in [0.25, 0.3) is 0 Å². The molecule has 2 heterocycles. The Bertz CT molecular complexity index is 204. The van der Waals surface area contributed by atoms with Gasteiger partial charge in [-0.25, -0.2) is 8.78 Å². The minimum atomic E-state index is -1.66. The first-order valence-electron chi connectivity index (χ1n) is 4.79. The highest BCUT2D eigenvalue weighted by molar-refractivity contribution is 5.16. The van der Waals surface area contributed by atoms with Gasteiger partial charge < -0.3 is 5.32 Å². The summed E-state index contributed by atoms with van der Waals surface area (Å²) in [6, 6.07) is 0.228. The molecule has 0 spiro atoms. The van der Waals surface area contributed by atoms with Gasteiger partial charge in [0.1, 0.15) is 0 Å². The average Bonchev–Trinajstić information content (AvgIpc) is 2.38. The fourth-order valence-electron chi connectivity index (χ4n) is 2.24. The van der Waals surface area contributed by atoms with Gasteiger partial charge in [-0.05, 0) is 13.8 Å². The van der Waals surface area contributed by atoms with Gasteiger partial charge in [-0.3, -0.25) is 4.90 Å². The molecule has 76 valence electrons. The van der Waals surface area contributed by atoms with E-state index in [2.05, 4.69) is 5.32 Å². The summed E-state index contributed by atoms with van der Waals surface area (Å²) in [5, 5.41) is 2.79. The summed E-state index contributed by atoms with van der Waals surface area (Å²) in [7, 11) is 0. The second-order valence-electron chi connectivity index (χ2n) is 4.53. The van der Waals surface area contributed by atoms with Gasteiger partial charge in [-0.15, -0.1) is 0 Å². The van der Waals surface area contributed by atoms with E-state index in [1.807, 2.05) is 18.7 Å². The Labute approximate surface area is 77.3 Å². The summed E-state index contributed by atoms with van der Waals surface area (Å²) in [6.45, 7) is 4.73. The highest BCUT2D eigenvalue weighted by Crippen LogP contribution is 2.41. The largest absolute Gasteiger partial charge is 0.310 e. The second-order valence-corrected chi connectivity index (χ2v) is 4.53. The molecule has 0 aliphatic carbocycles. The normalized spacial score (nSPS) is 45.9. The smallest absolute Gasteiger partial charge is 0.172 e. The van der Waals surface area contributed by atoms with Crippen molar-refractivity contribution >= 4 is 0 Å². The summed E-state index contributed by atoms with van der Waals surface area (Å²) < 4.78 is 28.0. The van der Waals surface area contributed by atoms with Gasteiger partial charge in [0.25, 0.3) is 0 Å². The molecule has 0 aromatic rings. The van der Waals surface area contributed by atoms with E-state index < -0.39 is 11.3 Å². The third-order valence-electron chi connectivity index (χ3n) is 3.25.